The number of methoxy groups -OCH3 is 1. The molecule has 0 radical (unpaired) electrons. The molecule has 0 fully saturated rings. The summed E-state index contributed by atoms with van der Waals surface area (Å²) in [5.74, 6) is -0.106. The molecule has 4 heteroatoms. The van der Waals surface area contributed by atoms with Crippen molar-refractivity contribution in [3.05, 3.63) is 54.1 Å². The number of nitrogens with one attached hydrogen (secondary N) is 1. The van der Waals surface area contributed by atoms with Crippen molar-refractivity contribution in [1.29, 1.82) is 0 Å². The zero-order valence-corrected chi connectivity index (χ0v) is 10.2. The van der Waals surface area contributed by atoms with E-state index in [2.05, 4.69) is 10.3 Å². The molecule has 0 aliphatic rings. The smallest absolute Gasteiger partial charge is 0.165 e. The monoisotopic (exact) mass is 246 g/mol. The molecule has 0 saturated heterocycles. The lowest BCUT2D eigenvalue weighted by atomic mass is 10.2. The van der Waals surface area contributed by atoms with Gasteiger partial charge in [-0.3, -0.25) is 4.98 Å². The molecule has 0 spiro atoms. The van der Waals surface area contributed by atoms with E-state index < -0.39 is 0 Å². The molecular weight excluding hydrogens is 231 g/mol. The van der Waals surface area contributed by atoms with Crippen molar-refractivity contribution >= 4 is 5.69 Å². The van der Waals surface area contributed by atoms with Crippen LogP contribution in [0.1, 0.15) is 5.69 Å². The standard InChI is InChI=1S/C14H15FN2O/c1-18-14-10-12(5-6-13(14)15)17-9-7-11-4-2-3-8-16-11/h2-6,8,10,17H,7,9H2,1H3. The minimum Gasteiger partial charge on any atom is -0.494 e. The van der Waals surface area contributed by atoms with Crippen LogP contribution in [-0.2, 0) is 6.42 Å². The van der Waals surface area contributed by atoms with Gasteiger partial charge in [-0.25, -0.2) is 4.39 Å². The molecule has 3 nitrogen and oxygen atoms in total. The van der Waals surface area contributed by atoms with E-state index in [4.69, 9.17) is 4.74 Å². The fourth-order valence-electron chi connectivity index (χ4n) is 1.65. The number of ether oxygens (including phenoxy) is 1. The van der Waals surface area contributed by atoms with E-state index >= 15 is 0 Å². The normalized spacial score (nSPS) is 10.1. The summed E-state index contributed by atoms with van der Waals surface area (Å²) >= 11 is 0. The predicted molar refractivity (Wildman–Crippen MR) is 69.4 cm³/mol. The van der Waals surface area contributed by atoms with Gasteiger partial charge in [0.25, 0.3) is 0 Å². The van der Waals surface area contributed by atoms with Crippen LogP contribution < -0.4 is 10.1 Å². The molecule has 18 heavy (non-hydrogen) atoms. The van der Waals surface area contributed by atoms with E-state index in [-0.39, 0.29) is 11.6 Å². The molecule has 2 rings (SSSR count). The lowest BCUT2D eigenvalue weighted by Crippen LogP contribution is -2.06. The second-order valence-corrected chi connectivity index (χ2v) is 3.85. The minimum atomic E-state index is -0.354. The first-order valence-corrected chi connectivity index (χ1v) is 5.77. The SMILES string of the molecule is COc1cc(NCCc2ccccn2)ccc1F. The maximum absolute atomic E-state index is 13.2. The van der Waals surface area contributed by atoms with Crippen LogP contribution >= 0.6 is 0 Å². The van der Waals surface area contributed by atoms with E-state index in [0.717, 1.165) is 24.3 Å². The summed E-state index contributed by atoms with van der Waals surface area (Å²) in [5, 5.41) is 3.21. The van der Waals surface area contributed by atoms with E-state index in [1.165, 1.54) is 13.2 Å². The van der Waals surface area contributed by atoms with Gasteiger partial charge in [0.1, 0.15) is 0 Å². The predicted octanol–water partition coefficient (Wildman–Crippen LogP) is 2.88. The zero-order valence-electron chi connectivity index (χ0n) is 10.2. The van der Waals surface area contributed by atoms with E-state index in [1.54, 1.807) is 18.3 Å². The van der Waals surface area contributed by atoms with Crippen molar-refractivity contribution in [3.63, 3.8) is 0 Å². The highest BCUT2D eigenvalue weighted by atomic mass is 19.1. The fourth-order valence-corrected chi connectivity index (χ4v) is 1.65. The molecular formula is C14H15FN2O. The van der Waals surface area contributed by atoms with Gasteiger partial charge in [0.15, 0.2) is 11.6 Å². The summed E-state index contributed by atoms with van der Waals surface area (Å²) < 4.78 is 18.1. The van der Waals surface area contributed by atoms with Crippen molar-refractivity contribution in [3.8, 4) is 5.75 Å². The van der Waals surface area contributed by atoms with E-state index in [0.29, 0.717) is 0 Å². The highest BCUT2D eigenvalue weighted by Gasteiger charge is 2.02. The summed E-state index contributed by atoms with van der Waals surface area (Å²) in [6, 6.07) is 10.6. The summed E-state index contributed by atoms with van der Waals surface area (Å²) in [7, 11) is 1.45. The van der Waals surface area contributed by atoms with Gasteiger partial charge in [-0.2, -0.15) is 0 Å². The maximum Gasteiger partial charge on any atom is 0.165 e. The van der Waals surface area contributed by atoms with Crippen LogP contribution in [0, 0.1) is 5.82 Å². The second kappa shape index (κ2) is 6.00. The topological polar surface area (TPSA) is 34.1 Å². The third kappa shape index (κ3) is 3.20. The summed E-state index contributed by atoms with van der Waals surface area (Å²) in [4.78, 5) is 4.23. The molecule has 0 bridgehead atoms. The summed E-state index contributed by atoms with van der Waals surface area (Å²) in [6.07, 6.45) is 2.59. The molecule has 94 valence electrons. The lowest BCUT2D eigenvalue weighted by Gasteiger charge is -2.08. The molecule has 1 aromatic heterocycles. The molecule has 0 atom stereocenters. The molecule has 1 N–H and O–H groups in total. The maximum atomic E-state index is 13.2. The van der Waals surface area contributed by atoms with Gasteiger partial charge in [0.2, 0.25) is 0 Å². The molecule has 0 amide bonds. The Labute approximate surface area is 106 Å². The Morgan fingerprint density at radius 3 is 2.89 bits per heavy atom. The Bertz CT molecular complexity index is 502. The summed E-state index contributed by atoms with van der Waals surface area (Å²) in [5.41, 5.74) is 1.86. The lowest BCUT2D eigenvalue weighted by molar-refractivity contribution is 0.387. The van der Waals surface area contributed by atoms with Crippen molar-refractivity contribution in [2.24, 2.45) is 0 Å². The second-order valence-electron chi connectivity index (χ2n) is 3.85. The largest absolute Gasteiger partial charge is 0.494 e. The van der Waals surface area contributed by atoms with Crippen LogP contribution in [0.3, 0.4) is 0 Å². The van der Waals surface area contributed by atoms with Crippen LogP contribution in [0.15, 0.2) is 42.6 Å². The molecule has 0 saturated carbocycles. The average molecular weight is 246 g/mol. The molecule has 0 aliphatic heterocycles. The average Bonchev–Trinajstić information content (AvgIpc) is 2.42. The third-order valence-corrected chi connectivity index (χ3v) is 2.59. The van der Waals surface area contributed by atoms with Crippen molar-refractivity contribution in [1.82, 2.24) is 4.98 Å². The van der Waals surface area contributed by atoms with Crippen LogP contribution in [0.25, 0.3) is 0 Å². The number of halogens is 1. The quantitative estimate of drug-likeness (QED) is 0.880. The van der Waals surface area contributed by atoms with Crippen LogP contribution in [0.2, 0.25) is 0 Å². The Kier molecular flexibility index (Phi) is 4.12. The number of nitrogens with zero attached hydrogens (tertiary/aromatic N) is 1. The van der Waals surface area contributed by atoms with Gasteiger partial charge < -0.3 is 10.1 Å². The third-order valence-electron chi connectivity index (χ3n) is 2.59. The Morgan fingerprint density at radius 1 is 1.28 bits per heavy atom. The van der Waals surface area contributed by atoms with Gasteiger partial charge >= 0.3 is 0 Å². The number of hydrogen-bond acceptors (Lipinski definition) is 3. The van der Waals surface area contributed by atoms with Gasteiger partial charge in [-0.05, 0) is 24.3 Å². The van der Waals surface area contributed by atoms with E-state index in [1.807, 2.05) is 18.2 Å². The Balaban J connectivity index is 1.91. The number of benzene rings is 1. The number of hydrogen-bond donors (Lipinski definition) is 1. The molecule has 1 aromatic carbocycles. The molecule has 0 unspecified atom stereocenters. The number of anilines is 1. The van der Waals surface area contributed by atoms with Gasteiger partial charge in [0.05, 0.1) is 7.11 Å². The Morgan fingerprint density at radius 2 is 2.17 bits per heavy atom. The molecule has 1 heterocycles. The number of pyridine rings is 1. The van der Waals surface area contributed by atoms with Crippen LogP contribution in [0.4, 0.5) is 10.1 Å². The first-order chi connectivity index (χ1) is 8.79. The zero-order chi connectivity index (χ0) is 12.8. The van der Waals surface area contributed by atoms with Gasteiger partial charge in [-0.15, -0.1) is 0 Å². The van der Waals surface area contributed by atoms with Crippen molar-refractivity contribution < 1.29 is 9.13 Å². The highest BCUT2D eigenvalue weighted by Crippen LogP contribution is 2.21. The van der Waals surface area contributed by atoms with Crippen LogP contribution in [0.5, 0.6) is 5.75 Å². The molecule has 0 aliphatic carbocycles. The number of aromatic nitrogens is 1. The minimum absolute atomic E-state index is 0.248. The van der Waals surface area contributed by atoms with Gasteiger partial charge in [-0.1, -0.05) is 6.07 Å². The summed E-state index contributed by atoms with van der Waals surface area (Å²) in [6.45, 7) is 0.742. The van der Waals surface area contributed by atoms with Crippen molar-refractivity contribution in [2.75, 3.05) is 19.0 Å². The Hall–Kier alpha value is -2.10. The van der Waals surface area contributed by atoms with E-state index in [9.17, 15) is 4.39 Å². The van der Waals surface area contributed by atoms with Crippen molar-refractivity contribution in [2.45, 2.75) is 6.42 Å². The fraction of sp³-hybridized carbons (Fsp3) is 0.214. The highest BCUT2D eigenvalue weighted by molar-refractivity contribution is 5.48. The molecule has 2 aromatic rings. The van der Waals surface area contributed by atoms with Crippen LogP contribution in [-0.4, -0.2) is 18.6 Å². The number of rotatable bonds is 5. The first-order valence-electron chi connectivity index (χ1n) is 5.77. The first kappa shape index (κ1) is 12.4. The van der Waals surface area contributed by atoms with Gasteiger partial charge in [0, 0.05) is 36.6 Å².